The van der Waals surface area contributed by atoms with Gasteiger partial charge in [-0.15, -0.1) is 11.3 Å². The third-order valence-corrected chi connectivity index (χ3v) is 6.82. The second kappa shape index (κ2) is 8.63. The number of hydrogen-bond acceptors (Lipinski definition) is 5. The van der Waals surface area contributed by atoms with Crippen LogP contribution in [0.2, 0.25) is 0 Å². The lowest BCUT2D eigenvalue weighted by Gasteiger charge is -2.32. The molecule has 1 N–H and O–H groups in total. The largest absolute Gasteiger partial charge is 0.312 e. The Kier molecular flexibility index (Phi) is 5.96. The van der Waals surface area contributed by atoms with Gasteiger partial charge in [-0.05, 0) is 45.4 Å². The minimum atomic E-state index is -0.349. The van der Waals surface area contributed by atoms with Crippen LogP contribution in [0, 0.1) is 12.8 Å². The van der Waals surface area contributed by atoms with Crippen molar-refractivity contribution in [1.82, 2.24) is 9.88 Å². The summed E-state index contributed by atoms with van der Waals surface area (Å²) in [4.78, 5) is 34.9. The van der Waals surface area contributed by atoms with E-state index in [-0.39, 0.29) is 24.2 Å². The highest BCUT2D eigenvalue weighted by atomic mass is 32.1. The van der Waals surface area contributed by atoms with E-state index in [0.29, 0.717) is 17.7 Å². The number of benzene rings is 1. The van der Waals surface area contributed by atoms with Crippen LogP contribution in [0.4, 0.5) is 10.8 Å². The van der Waals surface area contributed by atoms with Gasteiger partial charge in [0.25, 0.3) is 0 Å². The van der Waals surface area contributed by atoms with Crippen LogP contribution in [0.25, 0.3) is 0 Å². The first-order chi connectivity index (χ1) is 14.0. The van der Waals surface area contributed by atoms with Crippen molar-refractivity contribution < 1.29 is 9.59 Å². The fraction of sp³-hybridized carbons (Fsp3) is 0.500. The number of aryl methyl sites for hydroxylation is 1. The zero-order chi connectivity index (χ0) is 20.4. The first-order valence-corrected chi connectivity index (χ1v) is 11.2. The quantitative estimate of drug-likeness (QED) is 0.811. The van der Waals surface area contributed by atoms with Gasteiger partial charge in [-0.1, -0.05) is 24.1 Å². The Morgan fingerprint density at radius 2 is 2.07 bits per heavy atom. The van der Waals surface area contributed by atoms with Crippen molar-refractivity contribution >= 4 is 34.0 Å². The molecule has 4 rings (SSSR count). The SMILES string of the molecule is Cc1ccc(N2CC(C(=O)Nc3ncc(CN4CCCCC4C)s3)CC2=O)cc1. The summed E-state index contributed by atoms with van der Waals surface area (Å²) >= 11 is 1.53. The van der Waals surface area contributed by atoms with Crippen LogP contribution in [-0.4, -0.2) is 40.8 Å². The zero-order valence-corrected chi connectivity index (χ0v) is 17.9. The summed E-state index contributed by atoms with van der Waals surface area (Å²) in [7, 11) is 0. The van der Waals surface area contributed by atoms with E-state index in [1.54, 1.807) is 4.90 Å². The van der Waals surface area contributed by atoms with Crippen molar-refractivity contribution in [2.75, 3.05) is 23.3 Å². The molecule has 2 fully saturated rings. The molecule has 6 nitrogen and oxygen atoms in total. The van der Waals surface area contributed by atoms with E-state index in [0.717, 1.165) is 29.2 Å². The van der Waals surface area contributed by atoms with Gasteiger partial charge in [0, 0.05) is 42.3 Å². The molecule has 1 aromatic heterocycles. The summed E-state index contributed by atoms with van der Waals surface area (Å²) in [6, 6.07) is 8.43. The molecule has 154 valence electrons. The Hall–Kier alpha value is -2.25. The molecule has 0 spiro atoms. The molecule has 29 heavy (non-hydrogen) atoms. The van der Waals surface area contributed by atoms with Crippen LogP contribution in [0.5, 0.6) is 0 Å². The summed E-state index contributed by atoms with van der Waals surface area (Å²) in [5.74, 6) is -0.480. The maximum Gasteiger partial charge on any atom is 0.231 e. The van der Waals surface area contributed by atoms with Gasteiger partial charge in [-0.3, -0.25) is 14.5 Å². The predicted octanol–water partition coefficient (Wildman–Crippen LogP) is 3.82. The molecule has 2 amide bonds. The lowest BCUT2D eigenvalue weighted by atomic mass is 10.0. The average molecular weight is 413 g/mol. The van der Waals surface area contributed by atoms with Gasteiger partial charge < -0.3 is 10.2 Å². The number of amides is 2. The highest BCUT2D eigenvalue weighted by Gasteiger charge is 2.35. The van der Waals surface area contributed by atoms with Crippen LogP contribution in [0.15, 0.2) is 30.5 Å². The van der Waals surface area contributed by atoms with Crippen molar-refractivity contribution in [2.24, 2.45) is 5.92 Å². The van der Waals surface area contributed by atoms with Crippen molar-refractivity contribution in [2.45, 2.75) is 52.1 Å². The Morgan fingerprint density at radius 1 is 1.28 bits per heavy atom. The standard InChI is InChI=1S/C22H28N4O2S/c1-15-6-8-18(9-7-15)26-13-17(11-20(26)27)21(28)24-22-23-12-19(29-22)14-25-10-4-3-5-16(25)2/h6-9,12,16-17H,3-5,10-11,13-14H2,1-2H3,(H,23,24,28). The third kappa shape index (κ3) is 4.67. The number of piperidine rings is 1. The summed E-state index contributed by atoms with van der Waals surface area (Å²) < 4.78 is 0. The normalized spacial score (nSPS) is 22.8. The molecule has 0 saturated carbocycles. The van der Waals surface area contributed by atoms with E-state index in [4.69, 9.17) is 0 Å². The number of nitrogens with zero attached hydrogens (tertiary/aromatic N) is 3. The Labute approximate surface area is 175 Å². The average Bonchev–Trinajstić information content (AvgIpc) is 3.31. The van der Waals surface area contributed by atoms with E-state index in [1.165, 1.54) is 30.6 Å². The minimum Gasteiger partial charge on any atom is -0.312 e. The molecule has 2 aromatic rings. The molecule has 3 heterocycles. The van der Waals surface area contributed by atoms with Crippen molar-refractivity contribution in [3.63, 3.8) is 0 Å². The van der Waals surface area contributed by atoms with Crippen molar-refractivity contribution in [1.29, 1.82) is 0 Å². The molecule has 7 heteroatoms. The van der Waals surface area contributed by atoms with E-state index < -0.39 is 0 Å². The number of carbonyl (C=O) groups excluding carboxylic acids is 2. The highest BCUT2D eigenvalue weighted by molar-refractivity contribution is 7.15. The summed E-state index contributed by atoms with van der Waals surface area (Å²) in [6.07, 6.45) is 5.90. The molecule has 2 atom stereocenters. The molecule has 0 aliphatic carbocycles. The summed E-state index contributed by atoms with van der Waals surface area (Å²) in [5.41, 5.74) is 2.00. The van der Waals surface area contributed by atoms with Crippen LogP contribution >= 0.6 is 11.3 Å². The second-order valence-corrected chi connectivity index (χ2v) is 9.29. The van der Waals surface area contributed by atoms with Gasteiger partial charge in [-0.2, -0.15) is 0 Å². The summed E-state index contributed by atoms with van der Waals surface area (Å²) in [6.45, 7) is 6.72. The molecule has 2 unspecified atom stereocenters. The number of nitrogens with one attached hydrogen (secondary N) is 1. The number of anilines is 2. The zero-order valence-electron chi connectivity index (χ0n) is 17.1. The lowest BCUT2D eigenvalue weighted by Crippen LogP contribution is -2.36. The lowest BCUT2D eigenvalue weighted by molar-refractivity contribution is -0.122. The Balaban J connectivity index is 1.34. The predicted molar refractivity (Wildman–Crippen MR) is 116 cm³/mol. The topological polar surface area (TPSA) is 65.5 Å². The first kappa shape index (κ1) is 20.0. The fourth-order valence-electron chi connectivity index (χ4n) is 4.10. The van der Waals surface area contributed by atoms with Crippen molar-refractivity contribution in [3.8, 4) is 0 Å². The molecular formula is C22H28N4O2S. The maximum atomic E-state index is 12.7. The molecule has 2 aliphatic heterocycles. The van der Waals surface area contributed by atoms with Gasteiger partial charge >= 0.3 is 0 Å². The van der Waals surface area contributed by atoms with Crippen LogP contribution < -0.4 is 10.2 Å². The fourth-order valence-corrected chi connectivity index (χ4v) is 4.94. The summed E-state index contributed by atoms with van der Waals surface area (Å²) in [5, 5.41) is 3.55. The number of carbonyl (C=O) groups is 2. The van der Waals surface area contributed by atoms with Gasteiger partial charge in [0.15, 0.2) is 5.13 Å². The molecule has 1 aromatic carbocycles. The van der Waals surface area contributed by atoms with E-state index in [1.807, 2.05) is 37.4 Å². The smallest absolute Gasteiger partial charge is 0.231 e. The Morgan fingerprint density at radius 3 is 2.83 bits per heavy atom. The second-order valence-electron chi connectivity index (χ2n) is 8.18. The highest BCUT2D eigenvalue weighted by Crippen LogP contribution is 2.28. The minimum absolute atomic E-state index is 0.00656. The monoisotopic (exact) mass is 412 g/mol. The first-order valence-electron chi connectivity index (χ1n) is 10.4. The number of hydrogen-bond donors (Lipinski definition) is 1. The third-order valence-electron chi connectivity index (χ3n) is 5.92. The molecule has 0 radical (unpaired) electrons. The number of aromatic nitrogens is 1. The number of likely N-dealkylation sites (tertiary alicyclic amines) is 1. The molecule has 2 saturated heterocycles. The Bertz CT molecular complexity index is 879. The van der Waals surface area contributed by atoms with Gasteiger partial charge in [0.05, 0.1) is 5.92 Å². The van der Waals surface area contributed by atoms with Crippen LogP contribution in [0.3, 0.4) is 0 Å². The molecule has 2 aliphatic rings. The number of thiazole rings is 1. The van der Waals surface area contributed by atoms with E-state index in [9.17, 15) is 9.59 Å². The maximum absolute atomic E-state index is 12.7. The van der Waals surface area contributed by atoms with Gasteiger partial charge in [0.1, 0.15) is 0 Å². The van der Waals surface area contributed by atoms with Crippen LogP contribution in [-0.2, 0) is 16.1 Å². The molecule has 0 bridgehead atoms. The molecular weight excluding hydrogens is 384 g/mol. The van der Waals surface area contributed by atoms with Crippen LogP contribution in [0.1, 0.15) is 43.0 Å². The van der Waals surface area contributed by atoms with Gasteiger partial charge in [0.2, 0.25) is 11.8 Å². The van der Waals surface area contributed by atoms with Crippen molar-refractivity contribution in [3.05, 3.63) is 40.9 Å². The van der Waals surface area contributed by atoms with E-state index in [2.05, 4.69) is 22.1 Å². The van der Waals surface area contributed by atoms with E-state index >= 15 is 0 Å². The number of rotatable bonds is 5. The van der Waals surface area contributed by atoms with Gasteiger partial charge in [-0.25, -0.2) is 4.98 Å².